The second kappa shape index (κ2) is 4.25. The second-order valence-electron chi connectivity index (χ2n) is 3.63. The third kappa shape index (κ3) is 1.89. The quantitative estimate of drug-likeness (QED) is 0.553. The van der Waals surface area contributed by atoms with Crippen LogP contribution in [0, 0.1) is 5.92 Å². The molecule has 2 unspecified atom stereocenters. The van der Waals surface area contributed by atoms with Gasteiger partial charge in [0.15, 0.2) is 6.10 Å². The molecule has 0 saturated carbocycles. The summed E-state index contributed by atoms with van der Waals surface area (Å²) in [6.45, 7) is 3.33. The number of ether oxygens (including phenoxy) is 2. The molecule has 2 N–H and O–H groups in total. The Morgan fingerprint density at radius 3 is 2.36 bits per heavy atom. The molecule has 0 amide bonds. The van der Waals surface area contributed by atoms with Crippen molar-refractivity contribution in [3.63, 3.8) is 0 Å². The van der Waals surface area contributed by atoms with Gasteiger partial charge in [-0.15, -0.1) is 0 Å². The van der Waals surface area contributed by atoms with E-state index in [-0.39, 0.29) is 0 Å². The van der Waals surface area contributed by atoms with Crippen molar-refractivity contribution in [3.05, 3.63) is 0 Å². The summed E-state index contributed by atoms with van der Waals surface area (Å²) < 4.78 is 9.65. The van der Waals surface area contributed by atoms with Gasteiger partial charge < -0.3 is 19.7 Å². The molecule has 0 aliphatic carbocycles. The molecule has 0 aromatic heterocycles. The topological polar surface area (TPSA) is 76.0 Å². The molecule has 1 fully saturated rings. The Hall–Kier alpha value is -0.650. The first-order valence-corrected chi connectivity index (χ1v) is 4.58. The number of methoxy groups -OCH3 is 1. The van der Waals surface area contributed by atoms with E-state index in [0.717, 1.165) is 0 Å². The number of esters is 1. The summed E-state index contributed by atoms with van der Waals surface area (Å²) >= 11 is 0. The first kappa shape index (κ1) is 11.4. The van der Waals surface area contributed by atoms with E-state index >= 15 is 0 Å². The van der Waals surface area contributed by atoms with Crippen LogP contribution in [0.4, 0.5) is 0 Å². The monoisotopic (exact) mass is 204 g/mol. The second-order valence-corrected chi connectivity index (χ2v) is 3.63. The fourth-order valence-corrected chi connectivity index (χ4v) is 1.61. The van der Waals surface area contributed by atoms with Crippen LogP contribution >= 0.6 is 0 Å². The summed E-state index contributed by atoms with van der Waals surface area (Å²) in [4.78, 5) is 11.2. The minimum Gasteiger partial charge on any atom is -0.467 e. The van der Waals surface area contributed by atoms with E-state index < -0.39 is 36.3 Å². The van der Waals surface area contributed by atoms with E-state index in [4.69, 9.17) is 4.74 Å². The van der Waals surface area contributed by atoms with E-state index in [0.29, 0.717) is 0 Å². The highest BCUT2D eigenvalue weighted by Crippen LogP contribution is 2.26. The molecule has 0 aromatic carbocycles. The van der Waals surface area contributed by atoms with Crippen molar-refractivity contribution >= 4 is 5.97 Å². The minimum absolute atomic E-state index is 0.400. The Morgan fingerprint density at radius 2 is 1.86 bits per heavy atom. The van der Waals surface area contributed by atoms with Gasteiger partial charge in [0.1, 0.15) is 0 Å². The van der Waals surface area contributed by atoms with Gasteiger partial charge in [-0.05, 0) is 6.92 Å². The van der Waals surface area contributed by atoms with E-state index in [1.807, 2.05) is 0 Å². The van der Waals surface area contributed by atoms with Gasteiger partial charge in [0.25, 0.3) is 0 Å². The van der Waals surface area contributed by atoms with E-state index in [1.165, 1.54) is 7.11 Å². The van der Waals surface area contributed by atoms with Crippen LogP contribution in [0.3, 0.4) is 0 Å². The van der Waals surface area contributed by atoms with Crippen molar-refractivity contribution in [1.29, 1.82) is 0 Å². The molecular weight excluding hydrogens is 188 g/mol. The zero-order valence-corrected chi connectivity index (χ0v) is 8.51. The maximum Gasteiger partial charge on any atom is 0.337 e. The number of hydrogen-bond donors (Lipinski definition) is 2. The lowest BCUT2D eigenvalue weighted by molar-refractivity contribution is -0.207. The van der Waals surface area contributed by atoms with Crippen molar-refractivity contribution < 1.29 is 24.5 Å². The van der Waals surface area contributed by atoms with Gasteiger partial charge in [0.05, 0.1) is 25.4 Å². The van der Waals surface area contributed by atoms with Gasteiger partial charge in [-0.3, -0.25) is 0 Å². The van der Waals surface area contributed by atoms with Crippen molar-refractivity contribution in [2.75, 3.05) is 7.11 Å². The van der Waals surface area contributed by atoms with E-state index in [9.17, 15) is 15.0 Å². The summed E-state index contributed by atoms with van der Waals surface area (Å²) in [5.74, 6) is -1.01. The number of carbonyl (C=O) groups is 1. The van der Waals surface area contributed by atoms with E-state index in [2.05, 4.69) is 4.74 Å². The highest BCUT2D eigenvalue weighted by Gasteiger charge is 2.43. The highest BCUT2D eigenvalue weighted by atomic mass is 16.6. The molecule has 1 aliphatic heterocycles. The van der Waals surface area contributed by atoms with Gasteiger partial charge in [0.2, 0.25) is 0 Å². The lowest BCUT2D eigenvalue weighted by atomic mass is 9.88. The molecule has 14 heavy (non-hydrogen) atoms. The molecule has 1 aliphatic rings. The molecule has 5 atom stereocenters. The normalized spacial score (nSPS) is 43.4. The molecule has 0 radical (unpaired) electrons. The van der Waals surface area contributed by atoms with Crippen LogP contribution in [0.1, 0.15) is 13.8 Å². The number of hydrogen-bond acceptors (Lipinski definition) is 5. The fourth-order valence-electron chi connectivity index (χ4n) is 1.61. The Balaban J connectivity index is 2.75. The Kier molecular flexibility index (Phi) is 3.47. The molecule has 1 heterocycles. The van der Waals surface area contributed by atoms with Crippen molar-refractivity contribution in [3.8, 4) is 0 Å². The average molecular weight is 204 g/mol. The van der Waals surface area contributed by atoms with Gasteiger partial charge in [-0.2, -0.15) is 0 Å². The summed E-state index contributed by atoms with van der Waals surface area (Å²) in [5.41, 5.74) is 0. The number of aliphatic hydroxyl groups is 2. The van der Waals surface area contributed by atoms with Crippen molar-refractivity contribution in [1.82, 2.24) is 0 Å². The molecule has 5 nitrogen and oxygen atoms in total. The predicted molar refractivity (Wildman–Crippen MR) is 47.5 cm³/mol. The zero-order chi connectivity index (χ0) is 10.9. The Bertz CT molecular complexity index is 217. The van der Waals surface area contributed by atoms with Crippen LogP contribution in [0.5, 0.6) is 0 Å². The van der Waals surface area contributed by atoms with Crippen LogP contribution < -0.4 is 0 Å². The third-order valence-electron chi connectivity index (χ3n) is 2.66. The van der Waals surface area contributed by atoms with Crippen LogP contribution in [-0.2, 0) is 14.3 Å². The fraction of sp³-hybridized carbons (Fsp3) is 0.889. The van der Waals surface area contributed by atoms with Crippen LogP contribution in [0.25, 0.3) is 0 Å². The van der Waals surface area contributed by atoms with E-state index in [1.54, 1.807) is 13.8 Å². The Morgan fingerprint density at radius 1 is 1.29 bits per heavy atom. The van der Waals surface area contributed by atoms with Gasteiger partial charge in [0, 0.05) is 5.92 Å². The maximum absolute atomic E-state index is 11.2. The maximum atomic E-state index is 11.2. The van der Waals surface area contributed by atoms with Crippen molar-refractivity contribution in [2.24, 2.45) is 5.92 Å². The van der Waals surface area contributed by atoms with Crippen LogP contribution in [0.15, 0.2) is 0 Å². The van der Waals surface area contributed by atoms with Crippen molar-refractivity contribution in [2.45, 2.75) is 38.3 Å². The zero-order valence-electron chi connectivity index (χ0n) is 8.51. The lowest BCUT2D eigenvalue weighted by Crippen LogP contribution is -2.55. The summed E-state index contributed by atoms with van der Waals surface area (Å²) in [5, 5.41) is 19.2. The van der Waals surface area contributed by atoms with Gasteiger partial charge in [-0.1, -0.05) is 6.92 Å². The minimum atomic E-state index is -1.02. The first-order valence-electron chi connectivity index (χ1n) is 4.58. The van der Waals surface area contributed by atoms with Gasteiger partial charge in [-0.25, -0.2) is 4.79 Å². The largest absolute Gasteiger partial charge is 0.467 e. The molecule has 0 spiro atoms. The SMILES string of the molecule is COC(=O)C1O[C@@H](C)[C@@H](O)C(C)[C@@H]1O. The third-order valence-corrected chi connectivity index (χ3v) is 2.66. The number of aliphatic hydroxyl groups excluding tert-OH is 2. The molecule has 1 rings (SSSR count). The van der Waals surface area contributed by atoms with Gasteiger partial charge >= 0.3 is 5.97 Å². The molecule has 0 aromatic rings. The highest BCUT2D eigenvalue weighted by molar-refractivity contribution is 5.75. The predicted octanol–water partition coefficient (Wildman–Crippen LogP) is -0.695. The molecule has 0 bridgehead atoms. The average Bonchev–Trinajstić information content (AvgIpc) is 2.19. The first-order chi connectivity index (χ1) is 6.49. The summed E-state index contributed by atoms with van der Waals surface area (Å²) in [6.07, 6.45) is -3.24. The summed E-state index contributed by atoms with van der Waals surface area (Å²) in [6, 6.07) is 0. The van der Waals surface area contributed by atoms with Crippen LogP contribution in [0.2, 0.25) is 0 Å². The van der Waals surface area contributed by atoms with Crippen LogP contribution in [-0.4, -0.2) is 47.7 Å². The molecule has 82 valence electrons. The Labute approximate surface area is 82.6 Å². The lowest BCUT2D eigenvalue weighted by Gasteiger charge is -2.38. The molecular formula is C9H16O5. The molecule has 5 heteroatoms. The summed E-state index contributed by atoms with van der Waals surface area (Å²) in [7, 11) is 1.23. The number of rotatable bonds is 1. The smallest absolute Gasteiger partial charge is 0.337 e. The standard InChI is InChI=1S/C9H16O5/c1-4-6(10)5(2)14-8(7(4)11)9(12)13-3/h4-8,10-11H,1-3H3/t4?,5-,6-,7-,8?/m0/s1. The molecule has 1 saturated heterocycles. The number of carbonyl (C=O) groups excluding carboxylic acids is 1.